The Morgan fingerprint density at radius 2 is 0.773 bits per heavy atom. The number of methoxy groups -OCH3 is 2. The van der Waals surface area contributed by atoms with E-state index in [1.54, 1.807) is 14.2 Å². The topological polar surface area (TPSA) is 86.5 Å². The summed E-state index contributed by atoms with van der Waals surface area (Å²) in [5, 5.41) is 10.00. The summed E-state index contributed by atoms with van der Waals surface area (Å²) in [5.74, 6) is -0.188. The monoisotopic (exact) mass is 932 g/mol. The molecule has 0 spiro atoms. The molecule has 0 fully saturated rings. The molecule has 0 unspecified atom stereocenters. The van der Waals surface area contributed by atoms with Crippen LogP contribution in [0, 0.1) is 0 Å². The summed E-state index contributed by atoms with van der Waals surface area (Å²) in [6.07, 6.45) is 25.6. The average Bonchev–Trinajstić information content (AvgIpc) is 3.81. The van der Waals surface area contributed by atoms with Crippen LogP contribution in [0.5, 0.6) is 11.5 Å². The van der Waals surface area contributed by atoms with Gasteiger partial charge >= 0.3 is 0 Å². The number of unbranched alkanes of at least 4 members (excludes halogenated alkanes) is 18. The summed E-state index contributed by atoms with van der Waals surface area (Å²) in [7, 11) is 3.19. The van der Waals surface area contributed by atoms with Gasteiger partial charge in [0.1, 0.15) is 33.0 Å². The van der Waals surface area contributed by atoms with Crippen LogP contribution in [0.1, 0.15) is 142 Å². The highest BCUT2D eigenvalue weighted by molar-refractivity contribution is 6.56. The van der Waals surface area contributed by atoms with Crippen LogP contribution in [0.4, 0.5) is 11.4 Å². The van der Waals surface area contributed by atoms with Crippen LogP contribution in [-0.4, -0.2) is 34.9 Å². The van der Waals surface area contributed by atoms with Crippen molar-refractivity contribution in [2.75, 3.05) is 24.9 Å². The molecule has 0 radical (unpaired) electrons. The number of nitrogens with one attached hydrogen (secondary N) is 2. The molecule has 352 valence electrons. The first-order chi connectivity index (χ1) is 32.3. The minimum Gasteiger partial charge on any atom is -0.494 e. The van der Waals surface area contributed by atoms with E-state index in [1.165, 1.54) is 116 Å². The van der Waals surface area contributed by atoms with Gasteiger partial charge in [-0.15, -0.1) is 0 Å². The standard InChI is InChI=1S/C56H70Cl2N4O4/c1-5-7-9-11-13-15-17-19-21-27-33-61-45-31-25-23-29-39(45)41-35-43(49(65-3)37-47(41)61)59-53-51(57)56(64)54(52(58)55(53)63)60-44-36-42-40-30-24-26-32-46(40)62(48(42)38-50(44)66-4)34-28-22-20-18-16-14-12-10-8-6-2/h23-26,29-32,35-38,59-60H,5-22,27-28,33-34H2,1-4H3. The number of benzene rings is 4. The van der Waals surface area contributed by atoms with Crippen molar-refractivity contribution < 1.29 is 19.1 Å². The van der Waals surface area contributed by atoms with Crippen LogP contribution >= 0.6 is 23.2 Å². The number of allylic oxidation sites excluding steroid dienone is 2. The van der Waals surface area contributed by atoms with E-state index in [0.717, 1.165) is 69.5 Å². The largest absolute Gasteiger partial charge is 0.494 e. The van der Waals surface area contributed by atoms with Gasteiger partial charge in [0.05, 0.1) is 36.6 Å². The van der Waals surface area contributed by atoms with Crippen molar-refractivity contribution in [3.63, 3.8) is 0 Å². The van der Waals surface area contributed by atoms with Gasteiger partial charge in [-0.3, -0.25) is 9.59 Å². The molecule has 2 aromatic heterocycles. The van der Waals surface area contributed by atoms with Crippen LogP contribution in [-0.2, 0) is 22.7 Å². The average molecular weight is 934 g/mol. The summed E-state index contributed by atoms with van der Waals surface area (Å²) in [6, 6.07) is 24.7. The third-order valence-corrected chi connectivity index (χ3v) is 14.2. The summed E-state index contributed by atoms with van der Waals surface area (Å²) in [4.78, 5) is 28.3. The van der Waals surface area contributed by atoms with E-state index >= 15 is 0 Å². The fourth-order valence-corrected chi connectivity index (χ4v) is 10.3. The van der Waals surface area contributed by atoms with Crippen molar-refractivity contribution in [1.82, 2.24) is 9.13 Å². The number of hydrogen-bond acceptors (Lipinski definition) is 6. The fourth-order valence-electron chi connectivity index (χ4n) is 9.82. The third kappa shape index (κ3) is 11.3. The van der Waals surface area contributed by atoms with Gasteiger partial charge in [-0.25, -0.2) is 0 Å². The maximum Gasteiger partial charge on any atom is 0.224 e. The number of rotatable bonds is 28. The molecule has 0 atom stereocenters. The number of halogens is 2. The number of ketones is 2. The van der Waals surface area contributed by atoms with Crippen molar-refractivity contribution in [2.45, 2.75) is 155 Å². The van der Waals surface area contributed by atoms with Crippen LogP contribution in [0.25, 0.3) is 43.6 Å². The quantitative estimate of drug-likeness (QED) is 0.0376. The van der Waals surface area contributed by atoms with E-state index in [2.05, 4.69) is 70.0 Å². The zero-order valence-electron chi connectivity index (χ0n) is 39.8. The minimum absolute atomic E-state index is 0.110. The van der Waals surface area contributed by atoms with E-state index < -0.39 is 11.6 Å². The second-order valence-electron chi connectivity index (χ2n) is 18.1. The van der Waals surface area contributed by atoms with E-state index in [4.69, 9.17) is 32.7 Å². The lowest BCUT2D eigenvalue weighted by Gasteiger charge is -2.22. The molecular formula is C56H70Cl2N4O4. The predicted octanol–water partition coefficient (Wildman–Crippen LogP) is 16.3. The lowest BCUT2D eigenvalue weighted by Crippen LogP contribution is -2.27. The highest BCUT2D eigenvalue weighted by atomic mass is 35.5. The zero-order valence-corrected chi connectivity index (χ0v) is 41.3. The smallest absolute Gasteiger partial charge is 0.224 e. The Morgan fingerprint density at radius 3 is 1.12 bits per heavy atom. The highest BCUT2D eigenvalue weighted by Gasteiger charge is 2.35. The molecule has 1 aliphatic rings. The Bertz CT molecular complexity index is 2510. The van der Waals surface area contributed by atoms with Crippen molar-refractivity contribution in [3.05, 3.63) is 94.3 Å². The molecule has 2 N–H and O–H groups in total. The van der Waals surface area contributed by atoms with Crippen molar-refractivity contribution in [2.24, 2.45) is 0 Å². The summed E-state index contributed by atoms with van der Waals surface area (Å²) < 4.78 is 16.6. The molecule has 4 aromatic carbocycles. The number of para-hydroxylation sites is 2. The molecule has 66 heavy (non-hydrogen) atoms. The Kier molecular flexibility index (Phi) is 18.0. The first kappa shape index (κ1) is 49.0. The van der Waals surface area contributed by atoms with E-state index in [-0.39, 0.29) is 21.5 Å². The van der Waals surface area contributed by atoms with E-state index in [9.17, 15) is 9.59 Å². The second kappa shape index (κ2) is 24.2. The Labute approximate surface area is 402 Å². The SMILES string of the molecule is CCCCCCCCCCCCn1c2ccccc2c2cc(NC3=C(Cl)C(=O)C(Nc4cc5c6ccccc6n(CCCCCCCCCCCC)c5cc4OC)=C(Cl)C3=O)c(OC)cc21. The number of carbonyl (C=O) groups excluding carboxylic acids is 2. The van der Waals surface area contributed by atoms with Gasteiger partial charge in [-0.2, -0.15) is 0 Å². The number of ether oxygens (including phenoxy) is 2. The van der Waals surface area contributed by atoms with Gasteiger partial charge in [0.2, 0.25) is 11.6 Å². The number of aryl methyl sites for hydroxylation is 2. The maximum atomic E-state index is 14.2. The maximum absolute atomic E-state index is 14.2. The van der Waals surface area contributed by atoms with Crippen LogP contribution < -0.4 is 20.1 Å². The molecule has 1 aliphatic carbocycles. The first-order valence-electron chi connectivity index (χ1n) is 24.9. The number of fused-ring (bicyclic) bond motifs is 6. The third-order valence-electron chi connectivity index (χ3n) is 13.5. The van der Waals surface area contributed by atoms with Gasteiger partial charge < -0.3 is 29.2 Å². The molecule has 0 saturated heterocycles. The van der Waals surface area contributed by atoms with Crippen LogP contribution in [0.2, 0.25) is 0 Å². The summed E-state index contributed by atoms with van der Waals surface area (Å²) >= 11 is 13.7. The molecule has 10 heteroatoms. The molecular weight excluding hydrogens is 864 g/mol. The fraction of sp³-hybridized carbons (Fsp3) is 0.464. The Balaban J connectivity index is 1.07. The molecule has 0 aliphatic heterocycles. The lowest BCUT2D eigenvalue weighted by molar-refractivity contribution is -0.115. The van der Waals surface area contributed by atoms with Crippen molar-refractivity contribution in [3.8, 4) is 11.5 Å². The number of anilines is 2. The number of carbonyl (C=O) groups is 2. The van der Waals surface area contributed by atoms with Crippen LogP contribution in [0.15, 0.2) is 94.3 Å². The van der Waals surface area contributed by atoms with Crippen LogP contribution in [0.3, 0.4) is 0 Å². The molecule has 0 bridgehead atoms. The second-order valence-corrected chi connectivity index (χ2v) is 18.9. The van der Waals surface area contributed by atoms with Crippen molar-refractivity contribution >= 4 is 89.8 Å². The summed E-state index contributed by atoms with van der Waals surface area (Å²) in [6.45, 7) is 6.30. The van der Waals surface area contributed by atoms with Gasteiger partial charge in [0, 0.05) is 57.8 Å². The number of nitrogens with zero attached hydrogens (tertiary/aromatic N) is 2. The lowest BCUT2D eigenvalue weighted by atomic mass is 10.0. The molecule has 8 nitrogen and oxygen atoms in total. The molecule has 6 aromatic rings. The number of aromatic nitrogens is 2. The molecule has 7 rings (SSSR count). The van der Waals surface area contributed by atoms with Crippen molar-refractivity contribution in [1.29, 1.82) is 0 Å². The predicted molar refractivity (Wildman–Crippen MR) is 279 cm³/mol. The Morgan fingerprint density at radius 1 is 0.439 bits per heavy atom. The molecule has 0 amide bonds. The number of Topliss-reactive ketones (excluding diaryl/α,β-unsaturated/α-hetero) is 2. The molecule has 2 heterocycles. The summed E-state index contributed by atoms with van der Waals surface area (Å²) in [5.41, 5.74) is 5.14. The Hall–Kier alpha value is -4.92. The van der Waals surface area contributed by atoms with E-state index in [0.29, 0.717) is 22.9 Å². The van der Waals surface area contributed by atoms with Gasteiger partial charge in [0.25, 0.3) is 0 Å². The highest BCUT2D eigenvalue weighted by Crippen LogP contribution is 2.42. The first-order valence-corrected chi connectivity index (χ1v) is 25.7. The van der Waals surface area contributed by atoms with Gasteiger partial charge in [-0.05, 0) is 37.1 Å². The zero-order chi connectivity index (χ0) is 46.4. The normalized spacial score (nSPS) is 13.4. The van der Waals surface area contributed by atoms with Gasteiger partial charge in [-0.1, -0.05) is 189 Å². The number of hydrogen-bond donors (Lipinski definition) is 2. The van der Waals surface area contributed by atoms with E-state index in [1.807, 2.05) is 36.4 Å². The minimum atomic E-state index is -0.609. The van der Waals surface area contributed by atoms with Gasteiger partial charge in [0.15, 0.2) is 0 Å². The molecule has 0 saturated carbocycles.